The maximum absolute atomic E-state index is 13.7. The molecule has 4 rings (SSSR count). The van der Waals surface area contributed by atoms with Crippen LogP contribution >= 0.6 is 11.6 Å². The smallest absolute Gasteiger partial charge is 0.444 e. The number of aromatic nitrogens is 2. The Labute approximate surface area is 215 Å². The van der Waals surface area contributed by atoms with Crippen molar-refractivity contribution in [3.63, 3.8) is 0 Å². The molecule has 196 valence electrons. The number of nitrogens with one attached hydrogen (secondary N) is 1. The topological polar surface area (TPSA) is 93.5 Å². The van der Waals surface area contributed by atoms with E-state index >= 15 is 0 Å². The number of nitrogens with zero attached hydrogens (tertiary/aromatic N) is 3. The summed E-state index contributed by atoms with van der Waals surface area (Å²) in [5, 5.41) is 2.27. The molecule has 12 heteroatoms. The Kier molecular flexibility index (Phi) is 6.93. The fraction of sp³-hybridized carbons (Fsp3) is 0.360. The monoisotopic (exact) mass is 536 g/mol. The summed E-state index contributed by atoms with van der Waals surface area (Å²) < 4.78 is 45.7. The molecule has 37 heavy (non-hydrogen) atoms. The molecule has 1 saturated heterocycles. The number of para-hydroxylation sites is 1. The second kappa shape index (κ2) is 9.70. The van der Waals surface area contributed by atoms with E-state index in [0.29, 0.717) is 5.69 Å². The lowest BCUT2D eigenvalue weighted by molar-refractivity contribution is -0.174. The summed E-state index contributed by atoms with van der Waals surface area (Å²) in [6.07, 6.45) is -6.05. The lowest BCUT2D eigenvalue weighted by atomic mass is 10.1. The number of halogens is 4. The third-order valence-electron chi connectivity index (χ3n) is 5.71. The van der Waals surface area contributed by atoms with Gasteiger partial charge < -0.3 is 10.1 Å². The van der Waals surface area contributed by atoms with Gasteiger partial charge in [0.1, 0.15) is 11.4 Å². The van der Waals surface area contributed by atoms with Crippen LogP contribution in [0.15, 0.2) is 53.3 Å². The quantitative estimate of drug-likeness (QED) is 0.520. The highest BCUT2D eigenvalue weighted by Gasteiger charge is 2.45. The predicted molar refractivity (Wildman–Crippen MR) is 131 cm³/mol. The Morgan fingerprint density at radius 1 is 1.08 bits per heavy atom. The highest BCUT2D eigenvalue weighted by Crippen LogP contribution is 2.35. The number of carbonyl (C=O) groups is 2. The Bertz CT molecular complexity index is 1400. The molecule has 0 spiro atoms. The molecule has 2 unspecified atom stereocenters. The minimum Gasteiger partial charge on any atom is -0.444 e. The zero-order chi connectivity index (χ0) is 27.1. The first-order valence-corrected chi connectivity index (χ1v) is 11.8. The van der Waals surface area contributed by atoms with Gasteiger partial charge in [0.05, 0.1) is 27.7 Å². The van der Waals surface area contributed by atoms with E-state index in [-0.39, 0.29) is 34.7 Å². The Morgan fingerprint density at radius 2 is 1.76 bits per heavy atom. The van der Waals surface area contributed by atoms with Crippen LogP contribution in [-0.4, -0.2) is 50.8 Å². The fourth-order valence-corrected chi connectivity index (χ4v) is 4.48. The molecule has 1 aromatic heterocycles. The molecule has 0 bridgehead atoms. The molecule has 2 aromatic carbocycles. The van der Waals surface area contributed by atoms with Gasteiger partial charge in [-0.25, -0.2) is 9.78 Å². The van der Waals surface area contributed by atoms with Gasteiger partial charge in [-0.3, -0.25) is 19.1 Å². The second-order valence-corrected chi connectivity index (χ2v) is 10.0. The molecule has 3 aromatic rings. The van der Waals surface area contributed by atoms with E-state index in [2.05, 4.69) is 4.98 Å². The number of fused-ring (bicyclic) bond motifs is 1. The second-order valence-electron chi connectivity index (χ2n) is 9.63. The van der Waals surface area contributed by atoms with Gasteiger partial charge in [-0.15, -0.1) is 0 Å². The Morgan fingerprint density at radius 3 is 2.38 bits per heavy atom. The molecule has 0 aliphatic carbocycles. The zero-order valence-electron chi connectivity index (χ0n) is 20.2. The van der Waals surface area contributed by atoms with E-state index in [1.807, 2.05) is 5.32 Å². The molecule has 8 nitrogen and oxygen atoms in total. The van der Waals surface area contributed by atoms with Crippen molar-refractivity contribution in [1.29, 1.82) is 0 Å². The van der Waals surface area contributed by atoms with Crippen LogP contribution in [0.2, 0.25) is 5.02 Å². The Balaban J connectivity index is 1.89. The summed E-state index contributed by atoms with van der Waals surface area (Å²) in [6, 6.07) is 11.2. The third-order valence-corrected chi connectivity index (χ3v) is 6.02. The standard InChI is InChI=1S/C25H24ClF3N4O4/c1-24(2,3)37-23(36)32-13-14(30-22(35)25(27,28)29)12-18(32)20-31-17-11-7-10-16(26)19(17)21(34)33(20)15-8-5-4-6-9-15/h4-11,14,18H,12-13H2,1-3H3,(H,30,35). The van der Waals surface area contributed by atoms with Gasteiger partial charge in [0.15, 0.2) is 0 Å². The number of likely N-dealkylation sites (tertiary alicyclic amines) is 1. The van der Waals surface area contributed by atoms with Crippen molar-refractivity contribution in [2.45, 2.75) is 51.1 Å². The number of hydrogen-bond donors (Lipinski definition) is 1. The summed E-state index contributed by atoms with van der Waals surface area (Å²) in [6.45, 7) is 4.67. The van der Waals surface area contributed by atoms with Crippen LogP contribution in [0.4, 0.5) is 18.0 Å². The number of ether oxygens (including phenoxy) is 1. The number of benzene rings is 2. The highest BCUT2D eigenvalue weighted by atomic mass is 35.5. The van der Waals surface area contributed by atoms with Crippen LogP contribution in [0.5, 0.6) is 0 Å². The van der Waals surface area contributed by atoms with E-state index in [4.69, 9.17) is 16.3 Å². The summed E-state index contributed by atoms with van der Waals surface area (Å²) in [5.41, 5.74) is -0.739. The molecular weight excluding hydrogens is 513 g/mol. The van der Waals surface area contributed by atoms with E-state index in [1.54, 1.807) is 69.3 Å². The van der Waals surface area contributed by atoms with E-state index in [0.717, 1.165) is 0 Å². The molecule has 0 saturated carbocycles. The van der Waals surface area contributed by atoms with Gasteiger partial charge >= 0.3 is 18.2 Å². The predicted octanol–water partition coefficient (Wildman–Crippen LogP) is 4.77. The van der Waals surface area contributed by atoms with Crippen molar-refractivity contribution in [3.05, 3.63) is 69.7 Å². The van der Waals surface area contributed by atoms with Crippen molar-refractivity contribution < 1.29 is 27.5 Å². The van der Waals surface area contributed by atoms with Gasteiger partial charge in [-0.1, -0.05) is 35.9 Å². The first-order valence-electron chi connectivity index (χ1n) is 11.4. The van der Waals surface area contributed by atoms with E-state index in [9.17, 15) is 27.6 Å². The fourth-order valence-electron chi connectivity index (χ4n) is 4.23. The van der Waals surface area contributed by atoms with Crippen molar-refractivity contribution in [2.75, 3.05) is 6.54 Å². The van der Waals surface area contributed by atoms with Crippen LogP contribution in [0.3, 0.4) is 0 Å². The highest BCUT2D eigenvalue weighted by molar-refractivity contribution is 6.35. The van der Waals surface area contributed by atoms with Gasteiger partial charge in [0.25, 0.3) is 5.56 Å². The third kappa shape index (κ3) is 5.56. The SMILES string of the molecule is CC(C)(C)OC(=O)N1CC(NC(=O)C(F)(F)F)CC1c1nc2cccc(Cl)c2c(=O)n1-c1ccccc1. The number of alkyl halides is 3. The van der Waals surface area contributed by atoms with Crippen LogP contribution in [0.25, 0.3) is 16.6 Å². The lowest BCUT2D eigenvalue weighted by Crippen LogP contribution is -2.45. The minimum atomic E-state index is -5.10. The number of rotatable bonds is 3. The summed E-state index contributed by atoms with van der Waals surface area (Å²) in [4.78, 5) is 44.4. The number of carbonyl (C=O) groups excluding carboxylic acids is 2. The van der Waals surface area contributed by atoms with Gasteiger partial charge in [-0.05, 0) is 51.5 Å². The lowest BCUT2D eigenvalue weighted by Gasteiger charge is -2.29. The molecule has 1 aliphatic rings. The molecule has 2 atom stereocenters. The molecule has 1 fully saturated rings. The van der Waals surface area contributed by atoms with Crippen molar-refractivity contribution in [2.24, 2.45) is 0 Å². The van der Waals surface area contributed by atoms with Crippen LogP contribution in [0, 0.1) is 0 Å². The maximum Gasteiger partial charge on any atom is 0.471 e. The molecule has 1 aliphatic heterocycles. The first-order chi connectivity index (χ1) is 17.3. The van der Waals surface area contributed by atoms with E-state index in [1.165, 1.54) is 9.47 Å². The van der Waals surface area contributed by atoms with Gasteiger partial charge in [0.2, 0.25) is 0 Å². The largest absolute Gasteiger partial charge is 0.471 e. The summed E-state index contributed by atoms with van der Waals surface area (Å²) in [5.74, 6) is -2.03. The molecular formula is C25H24ClF3N4O4. The summed E-state index contributed by atoms with van der Waals surface area (Å²) >= 11 is 6.32. The van der Waals surface area contributed by atoms with Crippen molar-refractivity contribution >= 4 is 34.5 Å². The van der Waals surface area contributed by atoms with Crippen LogP contribution < -0.4 is 10.9 Å². The van der Waals surface area contributed by atoms with Gasteiger partial charge in [0, 0.05) is 12.6 Å². The average molecular weight is 537 g/mol. The molecule has 1 N–H and O–H groups in total. The maximum atomic E-state index is 13.7. The van der Waals surface area contributed by atoms with Crippen LogP contribution in [0.1, 0.15) is 39.1 Å². The van der Waals surface area contributed by atoms with Crippen LogP contribution in [-0.2, 0) is 9.53 Å². The summed E-state index contributed by atoms with van der Waals surface area (Å²) in [7, 11) is 0. The average Bonchev–Trinajstić information content (AvgIpc) is 3.21. The normalized spacial score (nSPS) is 18.2. The number of amides is 2. The minimum absolute atomic E-state index is 0.0978. The first kappa shape index (κ1) is 26.5. The number of hydrogen-bond acceptors (Lipinski definition) is 5. The van der Waals surface area contributed by atoms with Crippen molar-refractivity contribution in [3.8, 4) is 5.69 Å². The van der Waals surface area contributed by atoms with Crippen molar-refractivity contribution in [1.82, 2.24) is 19.8 Å². The molecule has 0 radical (unpaired) electrons. The molecule has 2 heterocycles. The zero-order valence-corrected chi connectivity index (χ0v) is 20.9. The van der Waals surface area contributed by atoms with E-state index < -0.39 is 41.4 Å². The Hall–Kier alpha value is -3.60. The van der Waals surface area contributed by atoms with Gasteiger partial charge in [-0.2, -0.15) is 13.2 Å². The molecule has 2 amide bonds.